The first kappa shape index (κ1) is 14.0. The molecular formula is C14H25N3S. The van der Waals surface area contributed by atoms with E-state index >= 15 is 0 Å². The number of hydrogen-bond donors (Lipinski definition) is 1. The average Bonchev–Trinajstić information content (AvgIpc) is 2.99. The van der Waals surface area contributed by atoms with Crippen LogP contribution in [0.2, 0.25) is 0 Å². The molecule has 0 aliphatic carbocycles. The number of thiophene rings is 1. The molecule has 1 unspecified atom stereocenters. The largest absolute Gasteiger partial charge is 0.329 e. The molecule has 0 radical (unpaired) electrons. The molecule has 0 bridgehead atoms. The van der Waals surface area contributed by atoms with Crippen LogP contribution in [0, 0.1) is 6.92 Å². The monoisotopic (exact) mass is 267 g/mol. The summed E-state index contributed by atoms with van der Waals surface area (Å²) in [5, 5.41) is 0. The van der Waals surface area contributed by atoms with E-state index in [1.54, 1.807) is 0 Å². The highest BCUT2D eigenvalue weighted by Crippen LogP contribution is 2.25. The number of likely N-dealkylation sites (N-methyl/N-ethyl adjacent to an activating group) is 1. The van der Waals surface area contributed by atoms with Gasteiger partial charge in [-0.25, -0.2) is 0 Å². The lowest BCUT2D eigenvalue weighted by Crippen LogP contribution is -2.36. The van der Waals surface area contributed by atoms with Crippen molar-refractivity contribution in [3.05, 3.63) is 21.9 Å². The Balaban J connectivity index is 1.86. The van der Waals surface area contributed by atoms with E-state index < -0.39 is 0 Å². The van der Waals surface area contributed by atoms with Gasteiger partial charge in [0.25, 0.3) is 0 Å². The third-order valence-electron chi connectivity index (χ3n) is 3.81. The molecule has 1 fully saturated rings. The number of aryl methyl sites for hydroxylation is 1. The summed E-state index contributed by atoms with van der Waals surface area (Å²) in [4.78, 5) is 7.74. The molecule has 102 valence electrons. The Kier molecular flexibility index (Phi) is 5.18. The lowest BCUT2D eigenvalue weighted by molar-refractivity contribution is 0.212. The Hall–Kier alpha value is -0.420. The molecule has 1 aliphatic rings. The molecule has 4 heteroatoms. The maximum atomic E-state index is 5.95. The fourth-order valence-corrected chi connectivity index (χ4v) is 3.66. The first-order chi connectivity index (χ1) is 8.70. The van der Waals surface area contributed by atoms with Crippen LogP contribution in [0.1, 0.15) is 28.6 Å². The number of hydrogen-bond acceptors (Lipinski definition) is 4. The molecule has 0 spiro atoms. The Morgan fingerprint density at radius 1 is 1.39 bits per heavy atom. The maximum Gasteiger partial charge on any atom is 0.0562 e. The molecule has 3 nitrogen and oxygen atoms in total. The molecule has 18 heavy (non-hydrogen) atoms. The van der Waals surface area contributed by atoms with E-state index in [0.29, 0.717) is 12.6 Å². The maximum absolute atomic E-state index is 5.95. The molecular weight excluding hydrogens is 242 g/mol. The van der Waals surface area contributed by atoms with Gasteiger partial charge in [-0.15, -0.1) is 11.3 Å². The molecule has 1 aromatic heterocycles. The summed E-state index contributed by atoms with van der Waals surface area (Å²) < 4.78 is 0. The summed E-state index contributed by atoms with van der Waals surface area (Å²) in [5.41, 5.74) is 5.95. The van der Waals surface area contributed by atoms with Crippen LogP contribution in [-0.2, 0) is 0 Å². The Labute approximate surface area is 115 Å². The predicted molar refractivity (Wildman–Crippen MR) is 79.2 cm³/mol. The second kappa shape index (κ2) is 6.66. The molecule has 2 heterocycles. The Bertz CT molecular complexity index is 358. The van der Waals surface area contributed by atoms with Crippen LogP contribution in [0.4, 0.5) is 0 Å². The highest BCUT2D eigenvalue weighted by Gasteiger charge is 2.18. The number of rotatable bonds is 6. The van der Waals surface area contributed by atoms with E-state index in [9.17, 15) is 0 Å². The summed E-state index contributed by atoms with van der Waals surface area (Å²) in [6.07, 6.45) is 2.74. The normalized spacial score (nSPS) is 18.7. The van der Waals surface area contributed by atoms with E-state index in [1.165, 1.54) is 42.2 Å². The topological polar surface area (TPSA) is 32.5 Å². The van der Waals surface area contributed by atoms with E-state index in [-0.39, 0.29) is 0 Å². The van der Waals surface area contributed by atoms with Gasteiger partial charge in [-0.05, 0) is 52.0 Å². The van der Waals surface area contributed by atoms with Crippen LogP contribution in [0.3, 0.4) is 0 Å². The van der Waals surface area contributed by atoms with Crippen molar-refractivity contribution >= 4 is 11.3 Å². The standard InChI is InChI=1S/C14H25N3S/c1-12-5-6-14(18-12)13(11-15)16(2)9-10-17-7-3-4-8-17/h5-6,13H,3-4,7-11,15H2,1-2H3. The van der Waals surface area contributed by atoms with Crippen LogP contribution in [0.15, 0.2) is 12.1 Å². The summed E-state index contributed by atoms with van der Waals surface area (Å²) >= 11 is 1.87. The van der Waals surface area contributed by atoms with Crippen molar-refractivity contribution in [1.29, 1.82) is 0 Å². The smallest absolute Gasteiger partial charge is 0.0562 e. The summed E-state index contributed by atoms with van der Waals surface area (Å²) in [5.74, 6) is 0. The van der Waals surface area contributed by atoms with Crippen LogP contribution in [0.25, 0.3) is 0 Å². The van der Waals surface area contributed by atoms with Gasteiger partial charge in [-0.3, -0.25) is 4.90 Å². The zero-order valence-electron chi connectivity index (χ0n) is 11.6. The van der Waals surface area contributed by atoms with E-state index in [0.717, 1.165) is 6.54 Å². The molecule has 1 aliphatic heterocycles. The fraction of sp³-hybridized carbons (Fsp3) is 0.714. The molecule has 1 aromatic rings. The van der Waals surface area contributed by atoms with Crippen molar-refractivity contribution in [2.75, 3.05) is 39.8 Å². The summed E-state index contributed by atoms with van der Waals surface area (Å²) in [7, 11) is 2.20. The highest BCUT2D eigenvalue weighted by atomic mass is 32.1. The number of likely N-dealkylation sites (tertiary alicyclic amines) is 1. The van der Waals surface area contributed by atoms with Gasteiger partial charge >= 0.3 is 0 Å². The Morgan fingerprint density at radius 2 is 2.11 bits per heavy atom. The minimum absolute atomic E-state index is 0.381. The zero-order valence-corrected chi connectivity index (χ0v) is 12.4. The van der Waals surface area contributed by atoms with Crippen molar-refractivity contribution in [1.82, 2.24) is 9.80 Å². The molecule has 2 N–H and O–H groups in total. The first-order valence-corrected chi connectivity index (χ1v) is 7.71. The van der Waals surface area contributed by atoms with Crippen LogP contribution in [-0.4, -0.2) is 49.6 Å². The van der Waals surface area contributed by atoms with Crippen LogP contribution >= 0.6 is 11.3 Å². The molecule has 2 rings (SSSR count). The summed E-state index contributed by atoms with van der Waals surface area (Å²) in [6, 6.07) is 4.80. The lowest BCUT2D eigenvalue weighted by Gasteiger charge is -2.28. The van der Waals surface area contributed by atoms with Crippen molar-refractivity contribution < 1.29 is 0 Å². The van der Waals surface area contributed by atoms with Gasteiger partial charge in [-0.2, -0.15) is 0 Å². The molecule has 0 aromatic carbocycles. The van der Waals surface area contributed by atoms with E-state index in [4.69, 9.17) is 5.73 Å². The van der Waals surface area contributed by atoms with Crippen molar-refractivity contribution in [2.24, 2.45) is 5.73 Å². The van der Waals surface area contributed by atoms with Crippen molar-refractivity contribution in [3.8, 4) is 0 Å². The van der Waals surface area contributed by atoms with Crippen molar-refractivity contribution in [2.45, 2.75) is 25.8 Å². The lowest BCUT2D eigenvalue weighted by atomic mass is 10.2. The third-order valence-corrected chi connectivity index (χ3v) is 4.91. The van der Waals surface area contributed by atoms with Crippen molar-refractivity contribution in [3.63, 3.8) is 0 Å². The molecule has 0 saturated carbocycles. The first-order valence-electron chi connectivity index (χ1n) is 6.89. The van der Waals surface area contributed by atoms with E-state index in [1.807, 2.05) is 11.3 Å². The highest BCUT2D eigenvalue weighted by molar-refractivity contribution is 7.12. The van der Waals surface area contributed by atoms with Gasteiger partial charge in [0, 0.05) is 29.4 Å². The minimum atomic E-state index is 0.381. The van der Waals surface area contributed by atoms with Gasteiger partial charge in [0.1, 0.15) is 0 Å². The number of nitrogens with zero attached hydrogens (tertiary/aromatic N) is 2. The van der Waals surface area contributed by atoms with Gasteiger partial charge < -0.3 is 10.6 Å². The van der Waals surface area contributed by atoms with Gasteiger partial charge in [0.05, 0.1) is 6.04 Å². The fourth-order valence-electron chi connectivity index (χ4n) is 2.61. The molecule has 0 amide bonds. The quantitative estimate of drug-likeness (QED) is 0.856. The SMILES string of the molecule is Cc1ccc(C(CN)N(C)CCN2CCCC2)s1. The second-order valence-corrected chi connectivity index (χ2v) is 6.55. The number of nitrogens with two attached hydrogens (primary N) is 1. The third kappa shape index (κ3) is 3.54. The second-order valence-electron chi connectivity index (χ2n) is 5.23. The molecule has 1 atom stereocenters. The van der Waals surface area contributed by atoms with E-state index in [2.05, 4.69) is 35.9 Å². The van der Waals surface area contributed by atoms with Crippen LogP contribution in [0.5, 0.6) is 0 Å². The molecule has 1 saturated heterocycles. The van der Waals surface area contributed by atoms with Gasteiger partial charge in [-0.1, -0.05) is 0 Å². The Morgan fingerprint density at radius 3 is 2.67 bits per heavy atom. The van der Waals surface area contributed by atoms with Gasteiger partial charge in [0.15, 0.2) is 0 Å². The zero-order chi connectivity index (χ0) is 13.0. The van der Waals surface area contributed by atoms with Gasteiger partial charge in [0.2, 0.25) is 0 Å². The average molecular weight is 267 g/mol. The predicted octanol–water partition coefficient (Wildman–Crippen LogP) is 2.08. The summed E-state index contributed by atoms with van der Waals surface area (Å²) in [6.45, 7) is 7.71. The van der Waals surface area contributed by atoms with Crippen LogP contribution < -0.4 is 5.73 Å². The minimum Gasteiger partial charge on any atom is -0.329 e.